The molecule has 1 heterocycles. The molecule has 1 rings (SSSR count). The summed E-state index contributed by atoms with van der Waals surface area (Å²) in [5, 5.41) is 13.4. The standard InChI is InChI=1S/C10H21NO2S/c1-13-7-2-8-14-9-10(12)3-5-11-6-4-10/h11-12H,2-9H2,1H3. The van der Waals surface area contributed by atoms with Crippen molar-refractivity contribution in [2.45, 2.75) is 24.9 Å². The molecule has 4 heteroatoms. The maximum absolute atomic E-state index is 10.1. The summed E-state index contributed by atoms with van der Waals surface area (Å²) in [5.74, 6) is 1.96. The maximum Gasteiger partial charge on any atom is 0.0761 e. The fraction of sp³-hybridized carbons (Fsp3) is 1.00. The molecule has 3 nitrogen and oxygen atoms in total. The molecule has 14 heavy (non-hydrogen) atoms. The summed E-state index contributed by atoms with van der Waals surface area (Å²) in [7, 11) is 1.73. The van der Waals surface area contributed by atoms with Gasteiger partial charge in [0.1, 0.15) is 0 Å². The van der Waals surface area contributed by atoms with Crippen molar-refractivity contribution in [3.63, 3.8) is 0 Å². The molecule has 0 radical (unpaired) electrons. The van der Waals surface area contributed by atoms with Gasteiger partial charge >= 0.3 is 0 Å². The van der Waals surface area contributed by atoms with E-state index in [1.165, 1.54) is 0 Å². The number of thioether (sulfide) groups is 1. The van der Waals surface area contributed by atoms with Gasteiger partial charge in [0.25, 0.3) is 0 Å². The highest BCUT2D eigenvalue weighted by atomic mass is 32.2. The van der Waals surface area contributed by atoms with Crippen LogP contribution in [-0.2, 0) is 4.74 Å². The van der Waals surface area contributed by atoms with E-state index >= 15 is 0 Å². The summed E-state index contributed by atoms with van der Waals surface area (Å²) in [6, 6.07) is 0. The summed E-state index contributed by atoms with van der Waals surface area (Å²) < 4.78 is 4.97. The van der Waals surface area contributed by atoms with Gasteiger partial charge in [-0.25, -0.2) is 0 Å². The second-order valence-corrected chi connectivity index (χ2v) is 4.98. The molecule has 0 aromatic rings. The number of nitrogens with one attached hydrogen (secondary N) is 1. The Bertz CT molecular complexity index is 149. The molecule has 0 aromatic heterocycles. The van der Waals surface area contributed by atoms with E-state index in [0.717, 1.165) is 50.5 Å². The third-order valence-electron chi connectivity index (χ3n) is 2.54. The van der Waals surface area contributed by atoms with Crippen molar-refractivity contribution in [3.05, 3.63) is 0 Å². The summed E-state index contributed by atoms with van der Waals surface area (Å²) in [4.78, 5) is 0. The van der Waals surface area contributed by atoms with Crippen LogP contribution in [0.4, 0.5) is 0 Å². The van der Waals surface area contributed by atoms with Crippen LogP contribution in [0, 0.1) is 0 Å². The molecule has 0 saturated carbocycles. The van der Waals surface area contributed by atoms with Crippen LogP contribution >= 0.6 is 11.8 Å². The van der Waals surface area contributed by atoms with E-state index in [4.69, 9.17) is 4.74 Å². The highest BCUT2D eigenvalue weighted by molar-refractivity contribution is 7.99. The first kappa shape index (κ1) is 12.3. The minimum Gasteiger partial charge on any atom is -0.389 e. The molecular weight excluding hydrogens is 198 g/mol. The second kappa shape index (κ2) is 6.67. The Balaban J connectivity index is 2.03. The summed E-state index contributed by atoms with van der Waals surface area (Å²) in [6.45, 7) is 2.73. The first-order chi connectivity index (χ1) is 6.77. The number of aliphatic hydroxyl groups is 1. The first-order valence-corrected chi connectivity index (χ1v) is 6.42. The van der Waals surface area contributed by atoms with Crippen molar-refractivity contribution in [1.82, 2.24) is 5.32 Å². The Morgan fingerprint density at radius 3 is 2.79 bits per heavy atom. The van der Waals surface area contributed by atoms with Gasteiger partial charge in [0.2, 0.25) is 0 Å². The van der Waals surface area contributed by atoms with Gasteiger partial charge < -0.3 is 15.2 Å². The van der Waals surface area contributed by atoms with Crippen LogP contribution < -0.4 is 5.32 Å². The van der Waals surface area contributed by atoms with Crippen LogP contribution in [0.3, 0.4) is 0 Å². The van der Waals surface area contributed by atoms with Crippen LogP contribution in [0.15, 0.2) is 0 Å². The van der Waals surface area contributed by atoms with Crippen LogP contribution in [0.25, 0.3) is 0 Å². The smallest absolute Gasteiger partial charge is 0.0761 e. The fourth-order valence-electron chi connectivity index (χ4n) is 1.60. The van der Waals surface area contributed by atoms with Crippen LogP contribution in [0.2, 0.25) is 0 Å². The third-order valence-corrected chi connectivity index (χ3v) is 3.86. The fourth-order valence-corrected chi connectivity index (χ4v) is 2.74. The Hall–Kier alpha value is 0.230. The lowest BCUT2D eigenvalue weighted by Gasteiger charge is -2.32. The van der Waals surface area contributed by atoms with Gasteiger partial charge in [0, 0.05) is 19.5 Å². The van der Waals surface area contributed by atoms with E-state index in [1.54, 1.807) is 7.11 Å². The Morgan fingerprint density at radius 1 is 1.43 bits per heavy atom. The number of piperidine rings is 1. The molecule has 84 valence electrons. The Kier molecular flexibility index (Phi) is 5.86. The second-order valence-electron chi connectivity index (χ2n) is 3.87. The van der Waals surface area contributed by atoms with E-state index in [-0.39, 0.29) is 0 Å². The predicted octanol–water partition coefficient (Wildman–Crippen LogP) is 0.871. The number of rotatable bonds is 6. The molecule has 1 fully saturated rings. The number of hydrogen-bond donors (Lipinski definition) is 2. The molecule has 1 aliphatic rings. The highest BCUT2D eigenvalue weighted by Gasteiger charge is 2.28. The molecule has 0 aromatic carbocycles. The number of ether oxygens (including phenoxy) is 1. The largest absolute Gasteiger partial charge is 0.389 e. The lowest BCUT2D eigenvalue weighted by atomic mass is 9.95. The van der Waals surface area contributed by atoms with Crippen LogP contribution in [0.1, 0.15) is 19.3 Å². The van der Waals surface area contributed by atoms with Crippen LogP contribution in [0.5, 0.6) is 0 Å². The zero-order valence-corrected chi connectivity index (χ0v) is 9.74. The van der Waals surface area contributed by atoms with Gasteiger partial charge in [-0.3, -0.25) is 0 Å². The van der Waals surface area contributed by atoms with Crippen molar-refractivity contribution < 1.29 is 9.84 Å². The summed E-state index contributed by atoms with van der Waals surface area (Å²) >= 11 is 1.84. The van der Waals surface area contributed by atoms with E-state index in [0.29, 0.717) is 0 Å². The molecular formula is C10H21NO2S. The normalized spacial score (nSPS) is 21.0. The zero-order valence-electron chi connectivity index (χ0n) is 8.92. The lowest BCUT2D eigenvalue weighted by molar-refractivity contribution is 0.0339. The molecule has 2 N–H and O–H groups in total. The van der Waals surface area contributed by atoms with Gasteiger partial charge in [-0.2, -0.15) is 11.8 Å². The van der Waals surface area contributed by atoms with Crippen molar-refractivity contribution in [1.29, 1.82) is 0 Å². The SMILES string of the molecule is COCCCSCC1(O)CCNCC1. The molecule has 0 unspecified atom stereocenters. The minimum absolute atomic E-state index is 0.414. The minimum atomic E-state index is -0.414. The first-order valence-electron chi connectivity index (χ1n) is 5.27. The summed E-state index contributed by atoms with van der Waals surface area (Å²) in [6.07, 6.45) is 2.87. The predicted molar refractivity (Wildman–Crippen MR) is 60.9 cm³/mol. The van der Waals surface area contributed by atoms with Gasteiger partial charge in [-0.1, -0.05) is 0 Å². The van der Waals surface area contributed by atoms with E-state index in [9.17, 15) is 5.11 Å². The Labute approximate surface area is 90.6 Å². The molecule has 0 atom stereocenters. The Morgan fingerprint density at radius 2 is 2.14 bits per heavy atom. The van der Waals surface area contributed by atoms with E-state index in [1.807, 2.05) is 11.8 Å². The molecule has 0 spiro atoms. The molecule has 0 aliphatic carbocycles. The summed E-state index contributed by atoms with van der Waals surface area (Å²) in [5.41, 5.74) is -0.414. The average Bonchev–Trinajstić information content (AvgIpc) is 2.18. The van der Waals surface area contributed by atoms with Crippen LogP contribution in [-0.4, -0.2) is 49.0 Å². The lowest BCUT2D eigenvalue weighted by Crippen LogP contribution is -2.43. The highest BCUT2D eigenvalue weighted by Crippen LogP contribution is 2.23. The molecule has 1 saturated heterocycles. The van der Waals surface area contributed by atoms with Crippen molar-refractivity contribution in [2.75, 3.05) is 38.3 Å². The quantitative estimate of drug-likeness (QED) is 0.651. The third kappa shape index (κ3) is 4.64. The topological polar surface area (TPSA) is 41.5 Å². The monoisotopic (exact) mass is 219 g/mol. The number of hydrogen-bond acceptors (Lipinski definition) is 4. The molecule has 0 amide bonds. The van der Waals surface area contributed by atoms with Gasteiger partial charge in [-0.15, -0.1) is 0 Å². The maximum atomic E-state index is 10.1. The van der Waals surface area contributed by atoms with Gasteiger partial charge in [0.05, 0.1) is 5.60 Å². The average molecular weight is 219 g/mol. The number of methoxy groups -OCH3 is 1. The van der Waals surface area contributed by atoms with Crippen molar-refractivity contribution in [3.8, 4) is 0 Å². The van der Waals surface area contributed by atoms with Gasteiger partial charge in [0.15, 0.2) is 0 Å². The zero-order chi connectivity index (χ0) is 10.3. The van der Waals surface area contributed by atoms with Crippen molar-refractivity contribution >= 4 is 11.8 Å². The van der Waals surface area contributed by atoms with E-state index in [2.05, 4.69) is 5.32 Å². The van der Waals surface area contributed by atoms with E-state index < -0.39 is 5.60 Å². The van der Waals surface area contributed by atoms with Gasteiger partial charge in [-0.05, 0) is 38.1 Å². The van der Waals surface area contributed by atoms with Crippen molar-refractivity contribution in [2.24, 2.45) is 0 Å². The molecule has 0 bridgehead atoms. The molecule has 1 aliphatic heterocycles.